The Morgan fingerprint density at radius 1 is 0.879 bits per heavy atom. The lowest BCUT2D eigenvalue weighted by atomic mass is 9.91. The minimum atomic E-state index is -0.785. The highest BCUT2D eigenvalue weighted by atomic mass is 16.7. The van der Waals surface area contributed by atoms with E-state index in [-0.39, 0.29) is 17.9 Å². The zero-order valence-corrected chi connectivity index (χ0v) is 20.9. The molecule has 0 saturated carbocycles. The summed E-state index contributed by atoms with van der Waals surface area (Å²) in [6.07, 6.45) is 10.1. The van der Waals surface area contributed by atoms with E-state index in [2.05, 4.69) is 6.58 Å². The summed E-state index contributed by atoms with van der Waals surface area (Å²) in [5, 5.41) is 3.76. The van der Waals surface area contributed by atoms with Crippen molar-refractivity contribution in [3.05, 3.63) is 60.7 Å². The van der Waals surface area contributed by atoms with Crippen LogP contribution in [0.4, 0.5) is 0 Å². The number of hydrogen-bond acceptors (Lipinski definition) is 4. The van der Waals surface area contributed by atoms with Gasteiger partial charge >= 0.3 is 5.97 Å². The van der Waals surface area contributed by atoms with Crippen molar-refractivity contribution in [2.45, 2.75) is 91.1 Å². The Bertz CT molecular complexity index is 895. The quantitative estimate of drug-likeness (QED) is 0.0923. The topological polar surface area (TPSA) is 46.6 Å². The minimum absolute atomic E-state index is 0.0425. The van der Waals surface area contributed by atoms with Crippen LogP contribution in [0, 0.1) is 5.92 Å². The third-order valence-electron chi connectivity index (χ3n) is 6.00. The zero-order valence-electron chi connectivity index (χ0n) is 20.9. The average molecular weight is 452 g/mol. The number of fused-ring (bicyclic) bond motifs is 1. The molecule has 0 saturated heterocycles. The predicted molar refractivity (Wildman–Crippen MR) is 137 cm³/mol. The summed E-state index contributed by atoms with van der Waals surface area (Å²) in [6, 6.07) is 13.7. The van der Waals surface area contributed by atoms with Gasteiger partial charge in [-0.15, -0.1) is 11.6 Å². The molecule has 4 nitrogen and oxygen atoms in total. The molecule has 0 amide bonds. The van der Waals surface area contributed by atoms with Crippen molar-refractivity contribution >= 4 is 22.5 Å². The van der Waals surface area contributed by atoms with Crippen LogP contribution in [-0.2, 0) is 9.63 Å². The molecule has 4 heteroatoms. The van der Waals surface area contributed by atoms with Crippen molar-refractivity contribution in [2.75, 3.05) is 0 Å². The highest BCUT2D eigenvalue weighted by Crippen LogP contribution is 2.23. The smallest absolute Gasteiger partial charge is 0.335 e. The van der Waals surface area contributed by atoms with Crippen molar-refractivity contribution in [2.24, 2.45) is 5.92 Å². The molecule has 0 aliphatic heterocycles. The number of benzene rings is 2. The molecule has 2 aromatic rings. The number of hydrogen-bond donors (Lipinski definition) is 0. The highest BCUT2D eigenvalue weighted by molar-refractivity contribution is 6.10. The molecule has 2 aromatic carbocycles. The SMILES string of the molecule is C=CCCCCCCCCC(C(=O)ON(C(C)C)C(C)C)C(=O)c1ccc2ccccc2c1. The second-order valence-corrected chi connectivity index (χ2v) is 9.42. The van der Waals surface area contributed by atoms with Crippen molar-refractivity contribution in [1.82, 2.24) is 5.06 Å². The Labute approximate surface area is 200 Å². The monoisotopic (exact) mass is 451 g/mol. The van der Waals surface area contributed by atoms with Crippen LogP contribution < -0.4 is 0 Å². The lowest BCUT2D eigenvalue weighted by Gasteiger charge is -2.30. The number of allylic oxidation sites excluding steroid dienone is 1. The van der Waals surface area contributed by atoms with Gasteiger partial charge in [-0.2, -0.15) is 0 Å². The molecule has 0 N–H and O–H groups in total. The Balaban J connectivity index is 2.10. The van der Waals surface area contributed by atoms with E-state index in [1.807, 2.05) is 76.2 Å². The lowest BCUT2D eigenvalue weighted by Crippen LogP contribution is -2.41. The van der Waals surface area contributed by atoms with Gasteiger partial charge in [-0.25, -0.2) is 4.79 Å². The Morgan fingerprint density at radius 2 is 1.48 bits per heavy atom. The van der Waals surface area contributed by atoms with Crippen LogP contribution >= 0.6 is 0 Å². The van der Waals surface area contributed by atoms with Gasteiger partial charge in [0, 0.05) is 17.6 Å². The van der Waals surface area contributed by atoms with E-state index >= 15 is 0 Å². The van der Waals surface area contributed by atoms with Crippen LogP contribution in [-0.4, -0.2) is 28.9 Å². The maximum Gasteiger partial charge on any atom is 0.335 e. The minimum Gasteiger partial charge on any atom is -0.367 e. The Kier molecular flexibility index (Phi) is 11.3. The van der Waals surface area contributed by atoms with Gasteiger partial charge in [0.2, 0.25) is 0 Å². The predicted octanol–water partition coefficient (Wildman–Crippen LogP) is 7.52. The molecule has 0 heterocycles. The third kappa shape index (κ3) is 8.43. The second-order valence-electron chi connectivity index (χ2n) is 9.42. The molecule has 1 unspecified atom stereocenters. The average Bonchev–Trinajstić information content (AvgIpc) is 2.80. The first kappa shape index (κ1) is 26.8. The summed E-state index contributed by atoms with van der Waals surface area (Å²) >= 11 is 0. The molecule has 0 aromatic heterocycles. The van der Waals surface area contributed by atoms with Gasteiger partial charge in [0.25, 0.3) is 0 Å². The van der Waals surface area contributed by atoms with E-state index in [1.54, 1.807) is 5.06 Å². The van der Waals surface area contributed by atoms with Gasteiger partial charge in [0.15, 0.2) is 5.78 Å². The van der Waals surface area contributed by atoms with Gasteiger partial charge in [0.05, 0.1) is 0 Å². The summed E-state index contributed by atoms with van der Waals surface area (Å²) in [5.74, 6) is -1.38. The van der Waals surface area contributed by atoms with Crippen LogP contribution in [0.1, 0.15) is 89.4 Å². The first-order valence-corrected chi connectivity index (χ1v) is 12.5. The van der Waals surface area contributed by atoms with Crippen LogP contribution in [0.15, 0.2) is 55.1 Å². The summed E-state index contributed by atoms with van der Waals surface area (Å²) in [4.78, 5) is 32.4. The largest absolute Gasteiger partial charge is 0.367 e. The molecule has 1 atom stereocenters. The molecular formula is C29H41NO3. The maximum absolute atomic E-state index is 13.5. The van der Waals surface area contributed by atoms with E-state index in [1.165, 1.54) is 19.3 Å². The maximum atomic E-state index is 13.5. The molecule has 0 aliphatic carbocycles. The van der Waals surface area contributed by atoms with Crippen LogP contribution in [0.3, 0.4) is 0 Å². The molecule has 0 fully saturated rings. The number of nitrogens with zero attached hydrogens (tertiary/aromatic N) is 1. The molecule has 0 radical (unpaired) electrons. The van der Waals surface area contributed by atoms with Crippen molar-refractivity contribution in [3.8, 4) is 0 Å². The standard InChI is InChI=1S/C29H41NO3/c1-6-7-8-9-10-11-12-13-18-27(29(32)33-30(22(2)3)23(4)5)28(31)26-20-19-24-16-14-15-17-25(24)21-26/h6,14-17,19-23,27H,1,7-13,18H2,2-5H3. The van der Waals surface area contributed by atoms with E-state index < -0.39 is 11.9 Å². The fourth-order valence-electron chi connectivity index (χ4n) is 4.22. The van der Waals surface area contributed by atoms with Crippen molar-refractivity contribution in [3.63, 3.8) is 0 Å². The Hall–Kier alpha value is -2.46. The molecule has 0 bridgehead atoms. The van der Waals surface area contributed by atoms with Crippen LogP contribution in [0.2, 0.25) is 0 Å². The normalized spacial score (nSPS) is 12.5. The second kappa shape index (κ2) is 13.9. The van der Waals surface area contributed by atoms with E-state index in [0.29, 0.717) is 12.0 Å². The van der Waals surface area contributed by atoms with E-state index in [9.17, 15) is 9.59 Å². The molecule has 2 rings (SSSR count). The van der Waals surface area contributed by atoms with E-state index in [0.717, 1.165) is 36.5 Å². The van der Waals surface area contributed by atoms with Gasteiger partial charge in [-0.05, 0) is 63.8 Å². The summed E-state index contributed by atoms with van der Waals surface area (Å²) < 4.78 is 0. The van der Waals surface area contributed by atoms with Gasteiger partial charge in [-0.1, -0.05) is 74.6 Å². The summed E-state index contributed by atoms with van der Waals surface area (Å²) in [5.41, 5.74) is 0.570. The number of ketones is 1. The molecule has 33 heavy (non-hydrogen) atoms. The fourth-order valence-corrected chi connectivity index (χ4v) is 4.22. The number of carbonyl (C=O) groups excluding carboxylic acids is 2. The molecule has 0 spiro atoms. The first-order chi connectivity index (χ1) is 15.8. The molecule has 0 aliphatic rings. The molecule has 180 valence electrons. The zero-order chi connectivity index (χ0) is 24.2. The first-order valence-electron chi connectivity index (χ1n) is 12.5. The number of Topliss-reactive ketones (excluding diaryl/α,β-unsaturated/α-hetero) is 1. The number of rotatable bonds is 15. The summed E-state index contributed by atoms with van der Waals surface area (Å²) in [7, 11) is 0. The number of hydroxylamine groups is 2. The van der Waals surface area contributed by atoms with Crippen molar-refractivity contribution in [1.29, 1.82) is 0 Å². The van der Waals surface area contributed by atoms with Gasteiger partial charge in [0.1, 0.15) is 5.92 Å². The Morgan fingerprint density at radius 3 is 2.12 bits per heavy atom. The number of unbranched alkanes of at least 4 members (excludes halogenated alkanes) is 6. The van der Waals surface area contributed by atoms with Gasteiger partial charge < -0.3 is 4.84 Å². The summed E-state index contributed by atoms with van der Waals surface area (Å²) in [6.45, 7) is 11.7. The fraction of sp³-hybridized carbons (Fsp3) is 0.517. The lowest BCUT2D eigenvalue weighted by molar-refractivity contribution is -0.212. The van der Waals surface area contributed by atoms with E-state index in [4.69, 9.17) is 4.84 Å². The van der Waals surface area contributed by atoms with Crippen molar-refractivity contribution < 1.29 is 14.4 Å². The van der Waals surface area contributed by atoms with Gasteiger partial charge in [-0.3, -0.25) is 4.79 Å². The third-order valence-corrected chi connectivity index (χ3v) is 6.00. The van der Waals surface area contributed by atoms with Crippen LogP contribution in [0.5, 0.6) is 0 Å². The highest BCUT2D eigenvalue weighted by Gasteiger charge is 2.32. The number of carbonyl (C=O) groups is 2. The van der Waals surface area contributed by atoms with Crippen LogP contribution in [0.25, 0.3) is 10.8 Å². The molecular weight excluding hydrogens is 410 g/mol.